The van der Waals surface area contributed by atoms with Crippen molar-refractivity contribution >= 4 is 17.8 Å². The molecule has 102 valence electrons. The lowest BCUT2D eigenvalue weighted by atomic mass is 10.1. The summed E-state index contributed by atoms with van der Waals surface area (Å²) in [5.41, 5.74) is -0.757. The van der Waals surface area contributed by atoms with E-state index in [1.54, 1.807) is 6.08 Å². The van der Waals surface area contributed by atoms with Gasteiger partial charge in [-0.25, -0.2) is 4.79 Å². The minimum Gasteiger partial charge on any atom is -0.301 e. The molecule has 7 nitrogen and oxygen atoms in total. The molecule has 0 aliphatic rings. The third-order valence-corrected chi connectivity index (χ3v) is 2.65. The summed E-state index contributed by atoms with van der Waals surface area (Å²) in [6.45, 7) is 1.94. The van der Waals surface area contributed by atoms with Gasteiger partial charge in [-0.2, -0.15) is 0 Å². The van der Waals surface area contributed by atoms with Crippen molar-refractivity contribution in [2.75, 3.05) is 0 Å². The highest BCUT2D eigenvalue weighted by atomic mass is 16.6. The molecule has 2 aromatic rings. The predicted octanol–water partition coefficient (Wildman–Crippen LogP) is 1.45. The number of benzene rings is 1. The highest BCUT2D eigenvalue weighted by molar-refractivity contribution is 5.71. The summed E-state index contributed by atoms with van der Waals surface area (Å²) in [6, 6.07) is 7.41. The number of rotatable bonds is 3. The van der Waals surface area contributed by atoms with Crippen LogP contribution in [0.2, 0.25) is 0 Å². The lowest BCUT2D eigenvalue weighted by molar-refractivity contribution is -0.386. The van der Waals surface area contributed by atoms with Gasteiger partial charge in [0.2, 0.25) is 0 Å². The summed E-state index contributed by atoms with van der Waals surface area (Å²) >= 11 is 0. The topological polar surface area (TPSA) is 109 Å². The molecule has 7 heteroatoms. The van der Waals surface area contributed by atoms with Gasteiger partial charge in [0.05, 0.1) is 4.92 Å². The van der Waals surface area contributed by atoms with Gasteiger partial charge in [0, 0.05) is 0 Å². The first-order valence-electron chi connectivity index (χ1n) is 5.73. The van der Waals surface area contributed by atoms with E-state index in [2.05, 4.69) is 4.98 Å². The van der Waals surface area contributed by atoms with Gasteiger partial charge in [-0.15, -0.1) is 0 Å². The smallest absolute Gasteiger partial charge is 0.301 e. The summed E-state index contributed by atoms with van der Waals surface area (Å²) in [5.74, 6) is 0. The van der Waals surface area contributed by atoms with E-state index in [4.69, 9.17) is 0 Å². The third-order valence-electron chi connectivity index (χ3n) is 2.65. The molecule has 0 amide bonds. The molecule has 1 aromatic heterocycles. The second-order valence-electron chi connectivity index (χ2n) is 4.17. The molecule has 0 saturated carbocycles. The number of H-pyrrole nitrogens is 2. The van der Waals surface area contributed by atoms with Crippen LogP contribution < -0.4 is 11.2 Å². The monoisotopic (exact) mass is 273 g/mol. The molecule has 0 unspecified atom stereocenters. The Hall–Kier alpha value is -2.96. The molecular weight excluding hydrogens is 262 g/mol. The molecule has 1 heterocycles. The van der Waals surface area contributed by atoms with Gasteiger partial charge < -0.3 is 4.98 Å². The van der Waals surface area contributed by atoms with Crippen molar-refractivity contribution in [1.29, 1.82) is 0 Å². The summed E-state index contributed by atoms with van der Waals surface area (Å²) in [4.78, 5) is 36.7. The molecule has 0 aliphatic heterocycles. The van der Waals surface area contributed by atoms with Crippen LogP contribution in [-0.2, 0) is 0 Å². The fourth-order valence-electron chi connectivity index (χ4n) is 1.66. The van der Waals surface area contributed by atoms with Crippen LogP contribution in [0.1, 0.15) is 16.8 Å². The van der Waals surface area contributed by atoms with Crippen LogP contribution in [-0.4, -0.2) is 14.9 Å². The van der Waals surface area contributed by atoms with E-state index >= 15 is 0 Å². The Morgan fingerprint density at radius 2 is 1.75 bits per heavy atom. The number of aromatic amines is 2. The summed E-state index contributed by atoms with van der Waals surface area (Å²) in [6.07, 6.45) is 2.91. The molecule has 2 N–H and O–H groups in total. The summed E-state index contributed by atoms with van der Waals surface area (Å²) in [7, 11) is 0. The maximum atomic E-state index is 11.4. The first-order chi connectivity index (χ1) is 9.47. The van der Waals surface area contributed by atoms with Crippen LogP contribution >= 0.6 is 0 Å². The Morgan fingerprint density at radius 3 is 2.35 bits per heavy atom. The van der Waals surface area contributed by atoms with Crippen LogP contribution in [0, 0.1) is 17.0 Å². The van der Waals surface area contributed by atoms with Gasteiger partial charge in [-0.3, -0.25) is 19.9 Å². The Bertz CT molecular complexity index is 784. The number of aryl methyl sites for hydroxylation is 1. The Morgan fingerprint density at radius 1 is 1.10 bits per heavy atom. The Labute approximate surface area is 112 Å². The van der Waals surface area contributed by atoms with E-state index < -0.39 is 21.9 Å². The quantitative estimate of drug-likeness (QED) is 0.651. The van der Waals surface area contributed by atoms with E-state index in [0.29, 0.717) is 0 Å². The second kappa shape index (κ2) is 5.35. The van der Waals surface area contributed by atoms with Gasteiger partial charge in [0.25, 0.3) is 0 Å². The number of nitro groups is 1. The largest absolute Gasteiger partial charge is 0.357 e. The molecule has 20 heavy (non-hydrogen) atoms. The van der Waals surface area contributed by atoms with Crippen LogP contribution in [0.5, 0.6) is 0 Å². The predicted molar refractivity (Wildman–Crippen MR) is 74.4 cm³/mol. The van der Waals surface area contributed by atoms with Crippen LogP contribution in [0.3, 0.4) is 0 Å². The first kappa shape index (κ1) is 13.5. The van der Waals surface area contributed by atoms with Gasteiger partial charge >= 0.3 is 16.9 Å². The van der Waals surface area contributed by atoms with Gasteiger partial charge in [-0.1, -0.05) is 35.9 Å². The summed E-state index contributed by atoms with van der Waals surface area (Å²) in [5, 5.41) is 10.8. The standard InChI is InChI=1S/C13H11N3O4/c1-8-2-4-9(5-3-8)6-7-10-11(16(19)20)12(17)15-13(18)14-10/h2-7H,1H3,(H2,14,15,17,18). The number of nitrogens with one attached hydrogen (secondary N) is 2. The van der Waals surface area contributed by atoms with Crippen molar-refractivity contribution in [3.8, 4) is 0 Å². The molecule has 2 rings (SSSR count). The molecule has 0 fully saturated rings. The average molecular weight is 273 g/mol. The van der Waals surface area contributed by atoms with Gasteiger partial charge in [-0.05, 0) is 18.6 Å². The van der Waals surface area contributed by atoms with Gasteiger partial charge in [0.1, 0.15) is 5.69 Å². The molecule has 0 bridgehead atoms. The van der Waals surface area contributed by atoms with Crippen molar-refractivity contribution in [2.24, 2.45) is 0 Å². The Balaban J connectivity index is 2.48. The van der Waals surface area contributed by atoms with Crippen LogP contribution in [0.25, 0.3) is 12.2 Å². The van der Waals surface area contributed by atoms with E-state index in [1.165, 1.54) is 6.08 Å². The lowest BCUT2D eigenvalue weighted by Crippen LogP contribution is -2.25. The molecule has 0 saturated heterocycles. The maximum absolute atomic E-state index is 11.4. The zero-order valence-corrected chi connectivity index (χ0v) is 10.5. The minimum absolute atomic E-state index is 0.135. The second-order valence-corrected chi connectivity index (χ2v) is 4.17. The zero-order chi connectivity index (χ0) is 14.7. The fourth-order valence-corrected chi connectivity index (χ4v) is 1.66. The van der Waals surface area contributed by atoms with E-state index in [9.17, 15) is 19.7 Å². The Kier molecular flexibility index (Phi) is 3.60. The number of hydrogen-bond acceptors (Lipinski definition) is 4. The summed E-state index contributed by atoms with van der Waals surface area (Å²) < 4.78 is 0. The SMILES string of the molecule is Cc1ccc(C=Cc2[nH]c(=O)[nH]c(=O)c2[N+](=O)[O-])cc1. The number of aromatic nitrogens is 2. The van der Waals surface area contributed by atoms with Crippen molar-refractivity contribution in [1.82, 2.24) is 9.97 Å². The van der Waals surface area contributed by atoms with E-state index in [1.807, 2.05) is 36.2 Å². The maximum Gasteiger partial charge on any atom is 0.357 e. The van der Waals surface area contributed by atoms with E-state index in [-0.39, 0.29) is 5.69 Å². The van der Waals surface area contributed by atoms with Crippen LogP contribution in [0.15, 0.2) is 33.9 Å². The molecule has 0 radical (unpaired) electrons. The van der Waals surface area contributed by atoms with Crippen molar-refractivity contribution in [2.45, 2.75) is 6.92 Å². The fraction of sp³-hybridized carbons (Fsp3) is 0.0769. The highest BCUT2D eigenvalue weighted by Crippen LogP contribution is 2.13. The molecule has 0 spiro atoms. The number of nitrogens with zero attached hydrogens (tertiary/aromatic N) is 1. The molecular formula is C13H11N3O4. The zero-order valence-electron chi connectivity index (χ0n) is 10.5. The van der Waals surface area contributed by atoms with E-state index in [0.717, 1.165) is 11.1 Å². The van der Waals surface area contributed by atoms with Crippen molar-refractivity contribution in [3.63, 3.8) is 0 Å². The molecule has 0 aliphatic carbocycles. The normalized spacial score (nSPS) is 10.8. The molecule has 0 atom stereocenters. The molecule has 1 aromatic carbocycles. The minimum atomic E-state index is -1.03. The average Bonchev–Trinajstić information content (AvgIpc) is 2.36. The third kappa shape index (κ3) is 2.89. The van der Waals surface area contributed by atoms with Gasteiger partial charge in [0.15, 0.2) is 0 Å². The highest BCUT2D eigenvalue weighted by Gasteiger charge is 2.18. The van der Waals surface area contributed by atoms with Crippen molar-refractivity contribution < 1.29 is 4.92 Å². The van der Waals surface area contributed by atoms with Crippen LogP contribution in [0.4, 0.5) is 5.69 Å². The lowest BCUT2D eigenvalue weighted by Gasteiger charge is -1.97. The first-order valence-corrected chi connectivity index (χ1v) is 5.73. The van der Waals surface area contributed by atoms with Crippen molar-refractivity contribution in [3.05, 3.63) is 72.0 Å². The number of hydrogen-bond donors (Lipinski definition) is 2.